The second kappa shape index (κ2) is 6.50. The third-order valence-electron chi connectivity index (χ3n) is 2.71. The summed E-state index contributed by atoms with van der Waals surface area (Å²) in [6, 6.07) is 6.21. The van der Waals surface area contributed by atoms with Crippen LogP contribution in [-0.2, 0) is 0 Å². The third-order valence-corrected chi connectivity index (χ3v) is 2.71. The van der Waals surface area contributed by atoms with E-state index in [-0.39, 0.29) is 5.82 Å². The Morgan fingerprint density at radius 1 is 1.28 bits per heavy atom. The number of rotatable bonds is 5. The van der Waals surface area contributed by atoms with Crippen molar-refractivity contribution in [3.63, 3.8) is 0 Å². The van der Waals surface area contributed by atoms with Crippen molar-refractivity contribution in [2.45, 2.75) is 39.2 Å². The van der Waals surface area contributed by atoms with Gasteiger partial charge in [0.25, 0.3) is 0 Å². The van der Waals surface area contributed by atoms with Crippen LogP contribution in [0, 0.1) is 5.82 Å². The number of benzene rings is 1. The molecule has 0 aliphatic heterocycles. The van der Waals surface area contributed by atoms with E-state index < -0.39 is 5.60 Å². The van der Waals surface area contributed by atoms with Crippen molar-refractivity contribution < 1.29 is 9.50 Å². The van der Waals surface area contributed by atoms with Crippen LogP contribution in [0.4, 0.5) is 4.39 Å². The number of hydrogen-bond acceptors (Lipinski definition) is 1. The van der Waals surface area contributed by atoms with E-state index in [4.69, 9.17) is 0 Å². The van der Waals surface area contributed by atoms with Crippen LogP contribution in [0.1, 0.15) is 39.2 Å². The van der Waals surface area contributed by atoms with Crippen LogP contribution in [0.3, 0.4) is 0 Å². The van der Waals surface area contributed by atoms with Crippen molar-refractivity contribution in [1.82, 2.24) is 0 Å². The lowest BCUT2D eigenvalue weighted by molar-refractivity contribution is 0.104. The second-order valence-electron chi connectivity index (χ2n) is 5.06. The molecule has 2 heteroatoms. The quantitative estimate of drug-likeness (QED) is 0.769. The van der Waals surface area contributed by atoms with Crippen molar-refractivity contribution in [3.8, 4) is 0 Å². The Morgan fingerprint density at radius 3 is 2.44 bits per heavy atom. The molecular formula is C16H21FO. The Hall–Kier alpha value is -1.41. The van der Waals surface area contributed by atoms with Crippen LogP contribution in [0.25, 0.3) is 6.08 Å². The van der Waals surface area contributed by atoms with Crippen LogP contribution in [0.5, 0.6) is 0 Å². The Balaban J connectivity index is 2.58. The summed E-state index contributed by atoms with van der Waals surface area (Å²) in [6.07, 6.45) is 7.22. The minimum Gasteiger partial charge on any atom is -0.386 e. The summed E-state index contributed by atoms with van der Waals surface area (Å²) >= 11 is 0. The third kappa shape index (κ3) is 5.78. The van der Waals surface area contributed by atoms with Crippen LogP contribution < -0.4 is 0 Å². The average Bonchev–Trinajstić information content (AvgIpc) is 2.27. The molecule has 0 bridgehead atoms. The first-order valence-electron chi connectivity index (χ1n) is 6.20. The molecular weight excluding hydrogens is 227 g/mol. The molecule has 0 aromatic heterocycles. The highest BCUT2D eigenvalue weighted by Crippen LogP contribution is 2.17. The molecule has 0 aliphatic carbocycles. The Bertz CT molecular complexity index is 423. The van der Waals surface area contributed by atoms with Gasteiger partial charge in [-0.1, -0.05) is 35.9 Å². The predicted molar refractivity (Wildman–Crippen MR) is 74.7 cm³/mol. The molecule has 0 radical (unpaired) electrons. The molecule has 1 aromatic carbocycles. The summed E-state index contributed by atoms with van der Waals surface area (Å²) in [4.78, 5) is 0. The van der Waals surface area contributed by atoms with Gasteiger partial charge in [-0.15, -0.1) is 0 Å². The van der Waals surface area contributed by atoms with Gasteiger partial charge in [0, 0.05) is 0 Å². The van der Waals surface area contributed by atoms with E-state index in [1.807, 2.05) is 19.9 Å². The zero-order valence-electron chi connectivity index (χ0n) is 11.3. The van der Waals surface area contributed by atoms with Crippen LogP contribution in [0.15, 0.2) is 42.0 Å². The Morgan fingerprint density at radius 2 is 1.89 bits per heavy atom. The Kier molecular flexibility index (Phi) is 5.29. The lowest BCUT2D eigenvalue weighted by atomic mass is 9.98. The number of allylic oxidation sites excluding steroid dienone is 2. The van der Waals surface area contributed by atoms with Crippen LogP contribution in [-0.4, -0.2) is 10.7 Å². The van der Waals surface area contributed by atoms with Crippen molar-refractivity contribution in [1.29, 1.82) is 0 Å². The summed E-state index contributed by atoms with van der Waals surface area (Å²) in [6.45, 7) is 5.87. The first-order chi connectivity index (χ1) is 8.39. The Labute approximate surface area is 109 Å². The molecule has 18 heavy (non-hydrogen) atoms. The molecule has 0 spiro atoms. The van der Waals surface area contributed by atoms with Gasteiger partial charge < -0.3 is 5.11 Å². The molecule has 0 aliphatic rings. The van der Waals surface area contributed by atoms with Gasteiger partial charge >= 0.3 is 0 Å². The fraction of sp³-hybridized carbons (Fsp3) is 0.375. The number of halogens is 1. The first-order valence-corrected chi connectivity index (χ1v) is 6.20. The molecule has 98 valence electrons. The lowest BCUT2D eigenvalue weighted by Crippen LogP contribution is -2.19. The summed E-state index contributed by atoms with van der Waals surface area (Å²) < 4.78 is 12.7. The van der Waals surface area contributed by atoms with Crippen LogP contribution in [0.2, 0.25) is 0 Å². The van der Waals surface area contributed by atoms with Gasteiger partial charge in [0.2, 0.25) is 0 Å². The topological polar surface area (TPSA) is 20.2 Å². The number of aliphatic hydroxyl groups is 1. The fourth-order valence-corrected chi connectivity index (χ4v) is 1.59. The van der Waals surface area contributed by atoms with Gasteiger partial charge in [-0.25, -0.2) is 4.39 Å². The van der Waals surface area contributed by atoms with Gasteiger partial charge in [0.15, 0.2) is 0 Å². The molecule has 0 saturated carbocycles. The second-order valence-corrected chi connectivity index (χ2v) is 5.06. The average molecular weight is 248 g/mol. The monoisotopic (exact) mass is 248 g/mol. The molecule has 1 nitrogen and oxygen atoms in total. The first kappa shape index (κ1) is 14.7. The molecule has 1 rings (SSSR count). The summed E-state index contributed by atoms with van der Waals surface area (Å²) in [5.41, 5.74) is 1.31. The van der Waals surface area contributed by atoms with Gasteiger partial charge in [-0.2, -0.15) is 0 Å². The van der Waals surface area contributed by atoms with Crippen LogP contribution >= 0.6 is 0 Å². The zero-order chi connectivity index (χ0) is 13.6. The van der Waals surface area contributed by atoms with Gasteiger partial charge in [0.05, 0.1) is 5.60 Å². The molecule has 0 fully saturated rings. The minimum absolute atomic E-state index is 0.248. The molecule has 0 saturated heterocycles. The largest absolute Gasteiger partial charge is 0.386 e. The minimum atomic E-state index is -0.833. The molecule has 1 aromatic rings. The maximum atomic E-state index is 12.7. The standard InChI is InChI=1S/C16H21FO/c1-13(2)5-4-11-16(3,18)12-10-14-6-8-15(17)9-7-14/h5-10,12,18H,4,11H2,1-3H3/b12-10+. The normalized spacial score (nSPS) is 14.5. The molecule has 1 N–H and O–H groups in total. The summed E-state index contributed by atoms with van der Waals surface area (Å²) in [5, 5.41) is 10.2. The summed E-state index contributed by atoms with van der Waals surface area (Å²) in [7, 11) is 0. The van der Waals surface area contributed by atoms with Gasteiger partial charge in [-0.05, 0) is 51.3 Å². The van der Waals surface area contributed by atoms with Gasteiger partial charge in [-0.3, -0.25) is 0 Å². The van der Waals surface area contributed by atoms with E-state index >= 15 is 0 Å². The van der Waals surface area contributed by atoms with Crippen molar-refractivity contribution in [2.75, 3.05) is 0 Å². The molecule has 0 heterocycles. The van der Waals surface area contributed by atoms with Crippen molar-refractivity contribution in [3.05, 3.63) is 53.4 Å². The lowest BCUT2D eigenvalue weighted by Gasteiger charge is -2.17. The highest BCUT2D eigenvalue weighted by molar-refractivity contribution is 5.50. The smallest absolute Gasteiger partial charge is 0.123 e. The van der Waals surface area contributed by atoms with E-state index in [9.17, 15) is 9.50 Å². The van der Waals surface area contributed by atoms with Crippen molar-refractivity contribution in [2.24, 2.45) is 0 Å². The molecule has 0 amide bonds. The maximum absolute atomic E-state index is 12.7. The number of hydrogen-bond donors (Lipinski definition) is 1. The van der Waals surface area contributed by atoms with E-state index in [0.717, 1.165) is 12.0 Å². The highest BCUT2D eigenvalue weighted by atomic mass is 19.1. The fourth-order valence-electron chi connectivity index (χ4n) is 1.59. The summed E-state index contributed by atoms with van der Waals surface area (Å²) in [5.74, 6) is -0.248. The molecule has 1 unspecified atom stereocenters. The van der Waals surface area contributed by atoms with E-state index in [2.05, 4.69) is 6.08 Å². The van der Waals surface area contributed by atoms with Crippen molar-refractivity contribution >= 4 is 6.08 Å². The van der Waals surface area contributed by atoms with E-state index in [0.29, 0.717) is 6.42 Å². The highest BCUT2D eigenvalue weighted by Gasteiger charge is 2.14. The van der Waals surface area contributed by atoms with E-state index in [1.165, 1.54) is 17.7 Å². The molecule has 1 atom stereocenters. The van der Waals surface area contributed by atoms with Gasteiger partial charge in [0.1, 0.15) is 5.82 Å². The maximum Gasteiger partial charge on any atom is 0.123 e. The SMILES string of the molecule is CC(C)=CCCC(C)(O)/C=C/c1ccc(F)cc1. The van der Waals surface area contributed by atoms with E-state index in [1.54, 1.807) is 25.1 Å². The zero-order valence-corrected chi connectivity index (χ0v) is 11.3. The predicted octanol–water partition coefficient (Wildman–Crippen LogP) is 4.34.